The molecule has 1 unspecified atom stereocenters. The standard InChI is InChI=1S/C16H22N2O3/c1-12-5-7-13(8-6-12)17-15(20)16(21)18-10-3-2-4-14(18)9-11-19/h5-8,14,19H,2-4,9-11H2,1H3,(H,17,20). The number of hydrogen-bond acceptors (Lipinski definition) is 3. The van der Waals surface area contributed by atoms with Crippen molar-refractivity contribution in [3.8, 4) is 0 Å². The fourth-order valence-corrected chi connectivity index (χ4v) is 2.67. The maximum atomic E-state index is 12.3. The van der Waals surface area contributed by atoms with Gasteiger partial charge < -0.3 is 15.3 Å². The molecule has 1 aromatic rings. The molecule has 0 bridgehead atoms. The van der Waals surface area contributed by atoms with E-state index < -0.39 is 11.8 Å². The van der Waals surface area contributed by atoms with Gasteiger partial charge in [-0.15, -0.1) is 0 Å². The van der Waals surface area contributed by atoms with Gasteiger partial charge in [0.15, 0.2) is 0 Å². The highest BCUT2D eigenvalue weighted by atomic mass is 16.3. The highest BCUT2D eigenvalue weighted by Gasteiger charge is 2.30. The lowest BCUT2D eigenvalue weighted by atomic mass is 9.99. The van der Waals surface area contributed by atoms with Crippen molar-refractivity contribution >= 4 is 17.5 Å². The number of carbonyl (C=O) groups is 2. The van der Waals surface area contributed by atoms with Gasteiger partial charge in [0, 0.05) is 24.9 Å². The van der Waals surface area contributed by atoms with Gasteiger partial charge in [-0.2, -0.15) is 0 Å². The van der Waals surface area contributed by atoms with Crippen LogP contribution >= 0.6 is 0 Å². The van der Waals surface area contributed by atoms with Crippen molar-refractivity contribution in [2.75, 3.05) is 18.5 Å². The van der Waals surface area contributed by atoms with E-state index >= 15 is 0 Å². The molecule has 21 heavy (non-hydrogen) atoms. The third kappa shape index (κ3) is 4.04. The van der Waals surface area contributed by atoms with Crippen LogP contribution in [0.3, 0.4) is 0 Å². The first-order chi connectivity index (χ1) is 10.1. The first-order valence-electron chi connectivity index (χ1n) is 7.41. The molecule has 1 saturated heterocycles. The second-order valence-corrected chi connectivity index (χ2v) is 5.48. The van der Waals surface area contributed by atoms with E-state index in [4.69, 9.17) is 5.11 Å². The Kier molecular flexibility index (Phi) is 5.33. The fraction of sp³-hybridized carbons (Fsp3) is 0.500. The number of aryl methyl sites for hydroxylation is 1. The molecule has 5 nitrogen and oxygen atoms in total. The van der Waals surface area contributed by atoms with Gasteiger partial charge >= 0.3 is 11.8 Å². The number of nitrogens with zero attached hydrogens (tertiary/aromatic N) is 1. The minimum atomic E-state index is -0.608. The predicted octanol–water partition coefficient (Wildman–Crippen LogP) is 1.70. The molecule has 114 valence electrons. The van der Waals surface area contributed by atoms with Crippen LogP contribution in [0.4, 0.5) is 5.69 Å². The van der Waals surface area contributed by atoms with Crippen LogP contribution in [0.1, 0.15) is 31.2 Å². The minimum Gasteiger partial charge on any atom is -0.396 e. The van der Waals surface area contributed by atoms with E-state index in [-0.39, 0.29) is 12.6 Å². The summed E-state index contributed by atoms with van der Waals surface area (Å²) < 4.78 is 0. The summed E-state index contributed by atoms with van der Waals surface area (Å²) in [5, 5.41) is 11.7. The van der Waals surface area contributed by atoms with Gasteiger partial charge in [-0.25, -0.2) is 0 Å². The van der Waals surface area contributed by atoms with Crippen molar-refractivity contribution in [2.24, 2.45) is 0 Å². The summed E-state index contributed by atoms with van der Waals surface area (Å²) in [5.74, 6) is -1.11. The van der Waals surface area contributed by atoms with E-state index in [2.05, 4.69) is 5.32 Å². The number of aliphatic hydroxyl groups excluding tert-OH is 1. The number of piperidine rings is 1. The fourth-order valence-electron chi connectivity index (χ4n) is 2.67. The summed E-state index contributed by atoms with van der Waals surface area (Å²) in [6.45, 7) is 2.59. The van der Waals surface area contributed by atoms with Gasteiger partial charge in [0.2, 0.25) is 0 Å². The lowest BCUT2D eigenvalue weighted by molar-refractivity contribution is -0.146. The first-order valence-corrected chi connectivity index (χ1v) is 7.41. The Morgan fingerprint density at radius 3 is 2.67 bits per heavy atom. The zero-order valence-corrected chi connectivity index (χ0v) is 12.3. The number of benzene rings is 1. The average molecular weight is 290 g/mol. The molecule has 2 rings (SSSR count). The number of anilines is 1. The van der Waals surface area contributed by atoms with E-state index in [0.717, 1.165) is 24.8 Å². The Labute approximate surface area is 125 Å². The molecular weight excluding hydrogens is 268 g/mol. The third-order valence-electron chi connectivity index (χ3n) is 3.85. The van der Waals surface area contributed by atoms with E-state index in [1.807, 2.05) is 19.1 Å². The molecule has 2 amide bonds. The molecule has 1 atom stereocenters. The largest absolute Gasteiger partial charge is 0.396 e. The van der Waals surface area contributed by atoms with Crippen molar-refractivity contribution in [2.45, 2.75) is 38.6 Å². The summed E-state index contributed by atoms with van der Waals surface area (Å²) in [6.07, 6.45) is 3.33. The van der Waals surface area contributed by atoms with Crippen LogP contribution in [-0.2, 0) is 9.59 Å². The zero-order valence-electron chi connectivity index (χ0n) is 12.3. The van der Waals surface area contributed by atoms with E-state index in [9.17, 15) is 9.59 Å². The van der Waals surface area contributed by atoms with Gasteiger partial charge in [-0.05, 0) is 44.7 Å². The maximum Gasteiger partial charge on any atom is 0.313 e. The Bertz CT molecular complexity index is 497. The summed E-state index contributed by atoms with van der Waals surface area (Å²) in [7, 11) is 0. The highest BCUT2D eigenvalue weighted by Crippen LogP contribution is 2.20. The maximum absolute atomic E-state index is 12.3. The van der Waals surface area contributed by atoms with Crippen LogP contribution in [-0.4, -0.2) is 41.0 Å². The van der Waals surface area contributed by atoms with Crippen molar-refractivity contribution < 1.29 is 14.7 Å². The number of aliphatic hydroxyl groups is 1. The smallest absolute Gasteiger partial charge is 0.313 e. The molecule has 1 aliphatic heterocycles. The van der Waals surface area contributed by atoms with E-state index in [1.165, 1.54) is 0 Å². The minimum absolute atomic E-state index is 0.0278. The zero-order chi connectivity index (χ0) is 15.2. The molecular formula is C16H22N2O3. The molecule has 0 aliphatic carbocycles. The molecule has 1 heterocycles. The number of rotatable bonds is 3. The van der Waals surface area contributed by atoms with Crippen LogP contribution in [0.5, 0.6) is 0 Å². The third-order valence-corrected chi connectivity index (χ3v) is 3.85. The van der Waals surface area contributed by atoms with Crippen molar-refractivity contribution in [1.29, 1.82) is 0 Å². The topological polar surface area (TPSA) is 69.6 Å². The van der Waals surface area contributed by atoms with Gasteiger partial charge in [0.25, 0.3) is 0 Å². The van der Waals surface area contributed by atoms with Gasteiger partial charge in [0.05, 0.1) is 0 Å². The van der Waals surface area contributed by atoms with Crippen molar-refractivity contribution in [3.63, 3.8) is 0 Å². The molecule has 0 spiro atoms. The van der Waals surface area contributed by atoms with Crippen molar-refractivity contribution in [3.05, 3.63) is 29.8 Å². The molecule has 0 aromatic heterocycles. The summed E-state index contributed by atoms with van der Waals surface area (Å²) in [4.78, 5) is 26.0. The second kappa shape index (κ2) is 7.22. The second-order valence-electron chi connectivity index (χ2n) is 5.48. The molecule has 0 radical (unpaired) electrons. The van der Waals surface area contributed by atoms with E-state index in [0.29, 0.717) is 18.7 Å². The normalized spacial score (nSPS) is 18.4. The van der Waals surface area contributed by atoms with Crippen LogP contribution in [0.25, 0.3) is 0 Å². The Balaban J connectivity index is 2.00. The van der Waals surface area contributed by atoms with E-state index in [1.54, 1.807) is 17.0 Å². The molecule has 5 heteroatoms. The molecule has 1 aliphatic rings. The lowest BCUT2D eigenvalue weighted by Gasteiger charge is -2.35. The number of amides is 2. The lowest BCUT2D eigenvalue weighted by Crippen LogP contribution is -2.48. The summed E-state index contributed by atoms with van der Waals surface area (Å²) in [6, 6.07) is 7.30. The van der Waals surface area contributed by atoms with Crippen LogP contribution in [0, 0.1) is 6.92 Å². The van der Waals surface area contributed by atoms with Gasteiger partial charge in [-0.3, -0.25) is 9.59 Å². The van der Waals surface area contributed by atoms with Crippen LogP contribution < -0.4 is 5.32 Å². The average Bonchev–Trinajstić information content (AvgIpc) is 2.50. The monoisotopic (exact) mass is 290 g/mol. The summed E-state index contributed by atoms with van der Waals surface area (Å²) in [5.41, 5.74) is 1.72. The first kappa shape index (κ1) is 15.5. The number of hydrogen-bond donors (Lipinski definition) is 2. The van der Waals surface area contributed by atoms with Gasteiger partial charge in [0.1, 0.15) is 0 Å². The van der Waals surface area contributed by atoms with Gasteiger partial charge in [-0.1, -0.05) is 17.7 Å². The Morgan fingerprint density at radius 1 is 1.29 bits per heavy atom. The number of likely N-dealkylation sites (tertiary alicyclic amines) is 1. The predicted molar refractivity (Wildman–Crippen MR) is 80.9 cm³/mol. The number of nitrogens with one attached hydrogen (secondary N) is 1. The molecule has 1 fully saturated rings. The van der Waals surface area contributed by atoms with Crippen LogP contribution in [0.2, 0.25) is 0 Å². The SMILES string of the molecule is Cc1ccc(NC(=O)C(=O)N2CCCCC2CCO)cc1. The highest BCUT2D eigenvalue weighted by molar-refractivity contribution is 6.39. The Morgan fingerprint density at radius 2 is 2.00 bits per heavy atom. The van der Waals surface area contributed by atoms with Crippen LogP contribution in [0.15, 0.2) is 24.3 Å². The molecule has 2 N–H and O–H groups in total. The molecule has 0 saturated carbocycles. The quantitative estimate of drug-likeness (QED) is 0.832. The number of carbonyl (C=O) groups excluding carboxylic acids is 2. The Hall–Kier alpha value is -1.88. The van der Waals surface area contributed by atoms with Crippen molar-refractivity contribution in [1.82, 2.24) is 4.90 Å². The molecule has 1 aromatic carbocycles. The summed E-state index contributed by atoms with van der Waals surface area (Å²) >= 11 is 0.